The van der Waals surface area contributed by atoms with Crippen molar-refractivity contribution < 1.29 is 23.1 Å². The van der Waals surface area contributed by atoms with E-state index in [1.807, 2.05) is 0 Å². The molecule has 0 aliphatic carbocycles. The summed E-state index contributed by atoms with van der Waals surface area (Å²) in [5.41, 5.74) is -1.39. The zero-order valence-electron chi connectivity index (χ0n) is 10.9. The van der Waals surface area contributed by atoms with E-state index in [0.717, 1.165) is 16.7 Å². The number of hydrogen-bond acceptors (Lipinski definition) is 2. The molecule has 0 saturated heterocycles. The quantitative estimate of drug-likeness (QED) is 0.910. The van der Waals surface area contributed by atoms with Crippen molar-refractivity contribution in [2.75, 3.05) is 0 Å². The number of aromatic carboxylic acids is 1. The van der Waals surface area contributed by atoms with Crippen molar-refractivity contribution in [1.82, 2.24) is 9.55 Å². The second-order valence-electron chi connectivity index (χ2n) is 4.49. The number of nitrogens with zero attached hydrogens (tertiary/aromatic N) is 1. The van der Waals surface area contributed by atoms with Gasteiger partial charge in [-0.05, 0) is 11.6 Å². The number of benzene rings is 1. The maximum atomic E-state index is 12.6. The minimum Gasteiger partial charge on any atom is -0.477 e. The van der Waals surface area contributed by atoms with Gasteiger partial charge >= 0.3 is 17.8 Å². The number of carbonyl (C=O) groups is 1. The number of alkyl halides is 3. The molecule has 5 nitrogen and oxygen atoms in total. The average molecular weight is 300 g/mol. The van der Waals surface area contributed by atoms with E-state index in [2.05, 4.69) is 4.98 Å². The van der Waals surface area contributed by atoms with Crippen LogP contribution < -0.4 is 5.69 Å². The first-order valence-electron chi connectivity index (χ1n) is 5.87. The van der Waals surface area contributed by atoms with Gasteiger partial charge in [-0.15, -0.1) is 0 Å². The Morgan fingerprint density at radius 1 is 1.38 bits per heavy atom. The Hall–Kier alpha value is -2.51. The highest BCUT2D eigenvalue weighted by atomic mass is 19.4. The molecular weight excluding hydrogens is 289 g/mol. The van der Waals surface area contributed by atoms with E-state index in [1.165, 1.54) is 19.2 Å². The first-order valence-corrected chi connectivity index (χ1v) is 5.87. The minimum absolute atomic E-state index is 0.0964. The number of halogens is 3. The van der Waals surface area contributed by atoms with Crippen molar-refractivity contribution in [3.05, 3.63) is 57.3 Å². The van der Waals surface area contributed by atoms with E-state index in [0.29, 0.717) is 0 Å². The molecule has 2 N–H and O–H groups in total. The van der Waals surface area contributed by atoms with Crippen molar-refractivity contribution in [3.8, 4) is 0 Å². The van der Waals surface area contributed by atoms with E-state index in [-0.39, 0.29) is 23.4 Å². The van der Waals surface area contributed by atoms with Gasteiger partial charge in [0.15, 0.2) is 0 Å². The van der Waals surface area contributed by atoms with Crippen LogP contribution in [0.1, 0.15) is 27.3 Å². The monoisotopic (exact) mass is 300 g/mol. The Morgan fingerprint density at radius 2 is 2.05 bits per heavy atom. The molecule has 0 unspecified atom stereocenters. The van der Waals surface area contributed by atoms with Crippen molar-refractivity contribution in [2.45, 2.75) is 12.6 Å². The molecule has 21 heavy (non-hydrogen) atoms. The van der Waals surface area contributed by atoms with Crippen LogP contribution in [0.2, 0.25) is 0 Å². The molecule has 0 bridgehead atoms. The van der Waals surface area contributed by atoms with Crippen LogP contribution in [0.25, 0.3) is 0 Å². The maximum absolute atomic E-state index is 12.6. The molecule has 0 aliphatic heterocycles. The van der Waals surface area contributed by atoms with Crippen LogP contribution in [0.15, 0.2) is 29.1 Å². The van der Waals surface area contributed by atoms with Gasteiger partial charge in [0.1, 0.15) is 5.69 Å². The Labute approximate surface area is 116 Å². The van der Waals surface area contributed by atoms with Gasteiger partial charge in [0.25, 0.3) is 0 Å². The van der Waals surface area contributed by atoms with Crippen molar-refractivity contribution in [3.63, 3.8) is 0 Å². The summed E-state index contributed by atoms with van der Waals surface area (Å²) < 4.78 is 39.0. The molecule has 1 heterocycles. The number of imidazole rings is 1. The summed E-state index contributed by atoms with van der Waals surface area (Å²) in [6.45, 7) is 0. The highest BCUT2D eigenvalue weighted by Crippen LogP contribution is 2.30. The fraction of sp³-hybridized carbons (Fsp3) is 0.231. The van der Waals surface area contributed by atoms with Crippen LogP contribution in [-0.2, 0) is 19.6 Å². The molecule has 2 rings (SSSR count). The van der Waals surface area contributed by atoms with Crippen molar-refractivity contribution >= 4 is 5.97 Å². The molecular formula is C13H11F3N2O3. The summed E-state index contributed by atoms with van der Waals surface area (Å²) in [4.78, 5) is 24.6. The van der Waals surface area contributed by atoms with Gasteiger partial charge in [-0.3, -0.25) is 9.55 Å². The molecule has 0 atom stereocenters. The van der Waals surface area contributed by atoms with E-state index in [1.54, 1.807) is 0 Å². The van der Waals surface area contributed by atoms with Gasteiger partial charge in [-0.1, -0.05) is 18.2 Å². The third-order valence-electron chi connectivity index (χ3n) is 3.07. The Morgan fingerprint density at radius 3 is 2.62 bits per heavy atom. The average Bonchev–Trinajstić information content (AvgIpc) is 2.67. The maximum Gasteiger partial charge on any atom is 0.416 e. The molecule has 0 aliphatic rings. The smallest absolute Gasteiger partial charge is 0.416 e. The van der Waals surface area contributed by atoms with Crippen molar-refractivity contribution in [2.24, 2.45) is 7.05 Å². The van der Waals surface area contributed by atoms with Crippen LogP contribution in [0.3, 0.4) is 0 Å². The molecule has 112 valence electrons. The highest BCUT2D eigenvalue weighted by molar-refractivity contribution is 5.86. The van der Waals surface area contributed by atoms with Crippen LogP contribution >= 0.6 is 0 Å². The first kappa shape index (κ1) is 14.9. The predicted molar refractivity (Wildman–Crippen MR) is 67.2 cm³/mol. The third kappa shape index (κ3) is 2.99. The minimum atomic E-state index is -4.48. The third-order valence-corrected chi connectivity index (χ3v) is 3.07. The summed E-state index contributed by atoms with van der Waals surface area (Å²) in [7, 11) is 1.36. The zero-order valence-corrected chi connectivity index (χ0v) is 10.9. The first-order chi connectivity index (χ1) is 9.70. The number of carboxylic acid groups (broad SMARTS) is 1. The van der Waals surface area contributed by atoms with Crippen LogP contribution in [0.4, 0.5) is 13.2 Å². The van der Waals surface area contributed by atoms with E-state index in [4.69, 9.17) is 5.11 Å². The second kappa shape index (κ2) is 5.12. The molecule has 0 fully saturated rings. The number of rotatable bonds is 3. The summed E-state index contributed by atoms with van der Waals surface area (Å²) >= 11 is 0. The fourth-order valence-electron chi connectivity index (χ4n) is 1.99. The number of hydrogen-bond donors (Lipinski definition) is 2. The lowest BCUT2D eigenvalue weighted by molar-refractivity contribution is -0.137. The number of aromatic nitrogens is 2. The van der Waals surface area contributed by atoms with Crippen molar-refractivity contribution in [1.29, 1.82) is 0 Å². The normalized spacial score (nSPS) is 11.6. The molecule has 0 spiro atoms. The lowest BCUT2D eigenvalue weighted by atomic mass is 10.0. The SMILES string of the molecule is Cn1c(Cc2cccc(C(F)(F)F)c2)c(C(=O)O)[nH]c1=O. The van der Waals surface area contributed by atoms with Gasteiger partial charge in [-0.25, -0.2) is 9.59 Å². The Bertz CT molecular complexity index is 744. The predicted octanol–water partition coefficient (Wildman–Crippen LogP) is 2.02. The number of aromatic amines is 1. The summed E-state index contributed by atoms with van der Waals surface area (Å²) in [6.07, 6.45) is -4.57. The fourth-order valence-corrected chi connectivity index (χ4v) is 1.99. The topological polar surface area (TPSA) is 75.1 Å². The van der Waals surface area contributed by atoms with Gasteiger partial charge in [0.2, 0.25) is 0 Å². The molecule has 0 saturated carbocycles. The Balaban J connectivity index is 2.44. The summed E-state index contributed by atoms with van der Waals surface area (Å²) in [5.74, 6) is -1.34. The van der Waals surface area contributed by atoms with Gasteiger partial charge in [0.05, 0.1) is 11.3 Å². The summed E-state index contributed by atoms with van der Waals surface area (Å²) in [5, 5.41) is 9.00. The number of nitrogens with one attached hydrogen (secondary N) is 1. The van der Waals surface area contributed by atoms with Crippen LogP contribution in [-0.4, -0.2) is 20.6 Å². The number of carboxylic acids is 1. The number of H-pyrrole nitrogens is 1. The zero-order chi connectivity index (χ0) is 15.8. The van der Waals surface area contributed by atoms with E-state index >= 15 is 0 Å². The summed E-state index contributed by atoms with van der Waals surface area (Å²) in [6, 6.07) is 4.54. The lowest BCUT2D eigenvalue weighted by Gasteiger charge is -2.09. The largest absolute Gasteiger partial charge is 0.477 e. The lowest BCUT2D eigenvalue weighted by Crippen LogP contribution is -2.14. The van der Waals surface area contributed by atoms with Gasteiger partial charge < -0.3 is 5.11 Å². The van der Waals surface area contributed by atoms with Gasteiger partial charge in [-0.2, -0.15) is 13.2 Å². The van der Waals surface area contributed by atoms with E-state index < -0.39 is 23.4 Å². The molecule has 0 amide bonds. The molecule has 1 aromatic heterocycles. The molecule has 1 aromatic carbocycles. The highest BCUT2D eigenvalue weighted by Gasteiger charge is 2.30. The van der Waals surface area contributed by atoms with Gasteiger partial charge in [0, 0.05) is 13.5 Å². The molecule has 8 heteroatoms. The standard InChI is InChI=1S/C13H11F3N2O3/c1-18-9(10(11(19)20)17-12(18)21)6-7-3-2-4-8(5-7)13(14,15)16/h2-5H,6H2,1H3,(H,17,21)(H,19,20). The Kier molecular flexibility index (Phi) is 3.63. The molecule has 0 radical (unpaired) electrons. The molecule has 2 aromatic rings. The second-order valence-corrected chi connectivity index (χ2v) is 4.49. The van der Waals surface area contributed by atoms with Crippen LogP contribution in [0.5, 0.6) is 0 Å². The van der Waals surface area contributed by atoms with E-state index in [9.17, 15) is 22.8 Å². The van der Waals surface area contributed by atoms with Crippen LogP contribution in [0, 0.1) is 0 Å².